The molecule has 9 heteroatoms. The van der Waals surface area contributed by atoms with Crippen LogP contribution in [0.1, 0.15) is 56.7 Å². The summed E-state index contributed by atoms with van der Waals surface area (Å²) in [6.45, 7) is 1.53. The lowest BCUT2D eigenvalue weighted by Crippen LogP contribution is -2.18. The van der Waals surface area contributed by atoms with Gasteiger partial charge in [-0.1, -0.05) is 0 Å². The molecule has 27 heavy (non-hydrogen) atoms. The normalized spacial score (nSPS) is 19.6. The van der Waals surface area contributed by atoms with E-state index < -0.39 is 29.8 Å². The van der Waals surface area contributed by atoms with Crippen LogP contribution < -0.4 is 5.32 Å². The molecular weight excluding hydrogens is 360 g/mol. The molecule has 0 spiro atoms. The van der Waals surface area contributed by atoms with Gasteiger partial charge in [0.05, 0.1) is 5.56 Å². The number of nitrogens with one attached hydrogen (secondary N) is 1. The van der Waals surface area contributed by atoms with Crippen LogP contribution in [-0.2, 0) is 11.2 Å². The highest BCUT2D eigenvalue weighted by atomic mass is 19.3. The smallest absolute Gasteiger partial charge is 0.377 e. The minimum atomic E-state index is -2.77. The molecule has 1 aliphatic carbocycles. The van der Waals surface area contributed by atoms with E-state index in [1.807, 2.05) is 0 Å². The Labute approximate surface area is 152 Å². The van der Waals surface area contributed by atoms with Gasteiger partial charge >= 0.3 is 5.97 Å². The molecule has 0 unspecified atom stereocenters. The third-order valence-corrected chi connectivity index (χ3v) is 5.12. The van der Waals surface area contributed by atoms with Crippen molar-refractivity contribution in [2.45, 2.75) is 32.2 Å². The number of anilines is 1. The van der Waals surface area contributed by atoms with Crippen molar-refractivity contribution >= 4 is 23.3 Å². The SMILES string of the molecule is Cc1c(C(=O)C(=O)O)c2n(c1C(=O)Nc1ccnc(C(F)F)c1)[C@@H]1C[C@@H]1C2. The van der Waals surface area contributed by atoms with Crippen LogP contribution in [0.25, 0.3) is 0 Å². The lowest BCUT2D eigenvalue weighted by atomic mass is 10.0. The van der Waals surface area contributed by atoms with E-state index in [2.05, 4.69) is 10.3 Å². The van der Waals surface area contributed by atoms with Gasteiger partial charge in [0.1, 0.15) is 11.4 Å². The molecule has 0 radical (unpaired) electrons. The van der Waals surface area contributed by atoms with E-state index in [4.69, 9.17) is 5.11 Å². The molecule has 140 valence electrons. The zero-order valence-electron chi connectivity index (χ0n) is 14.2. The first kappa shape index (κ1) is 17.3. The van der Waals surface area contributed by atoms with E-state index in [0.717, 1.165) is 12.5 Å². The van der Waals surface area contributed by atoms with Crippen LogP contribution in [0.15, 0.2) is 18.3 Å². The number of carboxylic acids is 1. The van der Waals surface area contributed by atoms with E-state index in [1.54, 1.807) is 4.57 Å². The van der Waals surface area contributed by atoms with Crippen LogP contribution >= 0.6 is 0 Å². The molecule has 1 amide bonds. The summed E-state index contributed by atoms with van der Waals surface area (Å²) in [5, 5.41) is 11.6. The lowest BCUT2D eigenvalue weighted by Gasteiger charge is -2.11. The second kappa shape index (κ2) is 5.97. The highest BCUT2D eigenvalue weighted by molar-refractivity contribution is 6.41. The van der Waals surface area contributed by atoms with Crippen molar-refractivity contribution < 1.29 is 28.3 Å². The molecule has 1 saturated carbocycles. The maximum absolute atomic E-state index is 12.8. The Kier molecular flexibility index (Phi) is 3.83. The zero-order chi connectivity index (χ0) is 19.5. The Morgan fingerprint density at radius 1 is 1.37 bits per heavy atom. The summed E-state index contributed by atoms with van der Waals surface area (Å²) in [6, 6.07) is 2.54. The van der Waals surface area contributed by atoms with Crippen LogP contribution in [0.4, 0.5) is 14.5 Å². The number of carbonyl (C=O) groups excluding carboxylic acids is 2. The van der Waals surface area contributed by atoms with E-state index in [0.29, 0.717) is 23.6 Å². The van der Waals surface area contributed by atoms with Crippen molar-refractivity contribution in [2.75, 3.05) is 5.32 Å². The first-order chi connectivity index (χ1) is 12.8. The monoisotopic (exact) mass is 375 g/mol. The highest BCUT2D eigenvalue weighted by Crippen LogP contribution is 2.54. The highest BCUT2D eigenvalue weighted by Gasteiger charge is 2.50. The fourth-order valence-electron chi connectivity index (χ4n) is 3.88. The number of carboxylic acid groups (broad SMARTS) is 1. The summed E-state index contributed by atoms with van der Waals surface area (Å²) in [4.78, 5) is 39.7. The number of amides is 1. The average Bonchev–Trinajstić information content (AvgIpc) is 3.19. The van der Waals surface area contributed by atoms with E-state index in [1.165, 1.54) is 19.2 Å². The van der Waals surface area contributed by atoms with Crippen molar-refractivity contribution in [1.82, 2.24) is 9.55 Å². The minimum absolute atomic E-state index is 0.0582. The second-order valence-electron chi connectivity index (χ2n) is 6.79. The number of aromatic nitrogens is 2. The lowest BCUT2D eigenvalue weighted by molar-refractivity contribution is -0.131. The molecule has 1 aliphatic heterocycles. The Morgan fingerprint density at radius 3 is 2.78 bits per heavy atom. The fourth-order valence-corrected chi connectivity index (χ4v) is 3.88. The first-order valence-corrected chi connectivity index (χ1v) is 8.36. The number of carbonyl (C=O) groups is 3. The maximum Gasteiger partial charge on any atom is 0.377 e. The van der Waals surface area contributed by atoms with Crippen molar-refractivity contribution in [3.63, 3.8) is 0 Å². The Morgan fingerprint density at radius 2 is 2.11 bits per heavy atom. The van der Waals surface area contributed by atoms with Gasteiger partial charge in [-0.05, 0) is 43.4 Å². The van der Waals surface area contributed by atoms with Gasteiger partial charge in [-0.25, -0.2) is 13.6 Å². The van der Waals surface area contributed by atoms with Gasteiger partial charge in [0, 0.05) is 23.6 Å². The predicted molar refractivity (Wildman–Crippen MR) is 89.1 cm³/mol. The number of fused-ring (bicyclic) bond motifs is 3. The maximum atomic E-state index is 12.8. The van der Waals surface area contributed by atoms with Gasteiger partial charge in [-0.15, -0.1) is 0 Å². The fraction of sp³-hybridized carbons (Fsp3) is 0.333. The summed E-state index contributed by atoms with van der Waals surface area (Å²) in [5.41, 5.74) is 0.807. The van der Waals surface area contributed by atoms with E-state index in [-0.39, 0.29) is 23.0 Å². The third-order valence-electron chi connectivity index (χ3n) is 5.12. The van der Waals surface area contributed by atoms with Crippen molar-refractivity contribution in [3.8, 4) is 0 Å². The van der Waals surface area contributed by atoms with E-state index >= 15 is 0 Å². The summed E-state index contributed by atoms with van der Waals surface area (Å²) in [6.07, 6.45) is -0.179. The number of aliphatic carboxylic acids is 1. The molecule has 2 aromatic rings. The van der Waals surface area contributed by atoms with Crippen molar-refractivity contribution in [2.24, 2.45) is 5.92 Å². The van der Waals surface area contributed by atoms with Crippen LogP contribution in [0, 0.1) is 12.8 Å². The minimum Gasteiger partial charge on any atom is -0.475 e. The van der Waals surface area contributed by atoms with Crippen molar-refractivity contribution in [1.29, 1.82) is 0 Å². The molecule has 2 N–H and O–H groups in total. The molecule has 0 bridgehead atoms. The molecular formula is C18H15F2N3O4. The topological polar surface area (TPSA) is 101 Å². The van der Waals surface area contributed by atoms with Gasteiger partial charge in [-0.2, -0.15) is 0 Å². The number of ketones is 1. The number of hydrogen-bond donors (Lipinski definition) is 2. The molecule has 2 atom stereocenters. The third kappa shape index (κ3) is 2.70. The average molecular weight is 375 g/mol. The molecule has 0 saturated heterocycles. The van der Waals surface area contributed by atoms with Crippen LogP contribution in [-0.4, -0.2) is 32.3 Å². The number of alkyl halides is 2. The quantitative estimate of drug-likeness (QED) is 0.618. The molecule has 0 aromatic carbocycles. The first-order valence-electron chi connectivity index (χ1n) is 8.36. The summed E-state index contributed by atoms with van der Waals surface area (Å²) < 4.78 is 27.3. The number of Topliss-reactive ketones (excluding diaryl/α,β-unsaturated/α-hetero) is 1. The van der Waals surface area contributed by atoms with Gasteiger partial charge in [0.25, 0.3) is 18.1 Å². The molecule has 4 rings (SSSR count). The van der Waals surface area contributed by atoms with Gasteiger partial charge in [0.2, 0.25) is 0 Å². The van der Waals surface area contributed by atoms with Gasteiger partial charge in [-0.3, -0.25) is 14.6 Å². The molecule has 2 aromatic heterocycles. The Balaban J connectivity index is 1.73. The largest absolute Gasteiger partial charge is 0.475 e. The number of pyridine rings is 1. The molecule has 2 aliphatic rings. The van der Waals surface area contributed by atoms with E-state index in [9.17, 15) is 23.2 Å². The van der Waals surface area contributed by atoms with Crippen LogP contribution in [0.5, 0.6) is 0 Å². The van der Waals surface area contributed by atoms with Crippen LogP contribution in [0.2, 0.25) is 0 Å². The molecule has 1 fully saturated rings. The van der Waals surface area contributed by atoms with Gasteiger partial charge < -0.3 is 15.0 Å². The van der Waals surface area contributed by atoms with Crippen molar-refractivity contribution in [3.05, 3.63) is 46.5 Å². The number of halogens is 2. The number of hydrogen-bond acceptors (Lipinski definition) is 4. The number of nitrogens with zero attached hydrogens (tertiary/aromatic N) is 2. The summed E-state index contributed by atoms with van der Waals surface area (Å²) in [5.74, 6) is -2.88. The number of rotatable bonds is 5. The summed E-state index contributed by atoms with van der Waals surface area (Å²) >= 11 is 0. The standard InChI is InChI=1S/C18H15F2N3O4/c1-7-13(15(24)18(26)27)12-5-8-4-11(8)23(12)14(7)17(25)22-9-2-3-21-10(6-9)16(19)20/h2-3,6,8,11,16H,4-5H2,1H3,(H,26,27)(H,21,22,25)/t8-,11-/m1/s1. The zero-order valence-corrected chi connectivity index (χ0v) is 14.2. The Hall–Kier alpha value is -3.10. The molecule has 7 nitrogen and oxygen atoms in total. The predicted octanol–water partition coefficient (Wildman–Crippen LogP) is 2.77. The van der Waals surface area contributed by atoms with Crippen LogP contribution in [0.3, 0.4) is 0 Å². The second-order valence-corrected chi connectivity index (χ2v) is 6.79. The summed E-state index contributed by atoms with van der Waals surface area (Å²) in [7, 11) is 0. The molecule has 3 heterocycles. The van der Waals surface area contributed by atoms with Gasteiger partial charge in [0.15, 0.2) is 0 Å². The Bertz CT molecular complexity index is 999.